The van der Waals surface area contributed by atoms with Crippen LogP contribution in [0.25, 0.3) is 0 Å². The maximum Gasteiger partial charge on any atom is 0.410 e. The van der Waals surface area contributed by atoms with Crippen molar-refractivity contribution in [2.45, 2.75) is 64.6 Å². The van der Waals surface area contributed by atoms with E-state index >= 15 is 0 Å². The van der Waals surface area contributed by atoms with Crippen molar-refractivity contribution in [3.05, 3.63) is 35.4 Å². The zero-order chi connectivity index (χ0) is 22.4. The van der Waals surface area contributed by atoms with E-state index < -0.39 is 5.60 Å². The number of likely N-dealkylation sites (tertiary alicyclic amines) is 2. The van der Waals surface area contributed by atoms with Gasteiger partial charge in [-0.1, -0.05) is 12.1 Å². The second-order valence-electron chi connectivity index (χ2n) is 9.66. The number of carbonyl (C=O) groups excluding carboxylic acids is 2. The summed E-state index contributed by atoms with van der Waals surface area (Å²) >= 11 is 0. The summed E-state index contributed by atoms with van der Waals surface area (Å²) < 4.78 is 5.47. The molecule has 168 valence electrons. The molecule has 0 aromatic heterocycles. The number of amides is 2. The molecule has 2 aliphatic rings. The van der Waals surface area contributed by atoms with Gasteiger partial charge in [0.15, 0.2) is 0 Å². The van der Waals surface area contributed by atoms with E-state index in [1.165, 1.54) is 5.56 Å². The van der Waals surface area contributed by atoms with E-state index in [1.54, 1.807) is 4.90 Å². The summed E-state index contributed by atoms with van der Waals surface area (Å²) in [6.07, 6.45) is 3.28. The van der Waals surface area contributed by atoms with Gasteiger partial charge in [-0.25, -0.2) is 4.79 Å². The first-order chi connectivity index (χ1) is 14.7. The number of piperidine rings is 2. The second kappa shape index (κ2) is 10.1. The molecule has 2 aliphatic heterocycles. The SMILES string of the molecule is CC(C)(C)OC(=O)N1CCCC(C(=O)NC2CCCN(Cc3ccc(C#N)cc3)C2)C1. The molecule has 0 aliphatic carbocycles. The zero-order valence-corrected chi connectivity index (χ0v) is 18.9. The van der Waals surface area contributed by atoms with E-state index in [0.717, 1.165) is 45.3 Å². The van der Waals surface area contributed by atoms with E-state index in [-0.39, 0.29) is 24.0 Å². The van der Waals surface area contributed by atoms with Gasteiger partial charge >= 0.3 is 6.09 Å². The molecule has 3 rings (SSSR count). The molecule has 0 spiro atoms. The van der Waals surface area contributed by atoms with Crippen LogP contribution in [0.15, 0.2) is 24.3 Å². The molecule has 1 N–H and O–H groups in total. The summed E-state index contributed by atoms with van der Waals surface area (Å²) in [6, 6.07) is 9.95. The highest BCUT2D eigenvalue weighted by Crippen LogP contribution is 2.21. The smallest absolute Gasteiger partial charge is 0.410 e. The van der Waals surface area contributed by atoms with E-state index in [1.807, 2.05) is 45.0 Å². The lowest BCUT2D eigenvalue weighted by molar-refractivity contribution is -0.127. The maximum atomic E-state index is 12.9. The van der Waals surface area contributed by atoms with E-state index in [9.17, 15) is 9.59 Å². The van der Waals surface area contributed by atoms with E-state index in [0.29, 0.717) is 18.7 Å². The lowest BCUT2D eigenvalue weighted by Crippen LogP contribution is -2.52. The van der Waals surface area contributed by atoms with Crippen LogP contribution in [0, 0.1) is 17.2 Å². The summed E-state index contributed by atoms with van der Waals surface area (Å²) in [4.78, 5) is 29.3. The molecule has 2 atom stereocenters. The fraction of sp³-hybridized carbons (Fsp3) is 0.625. The first kappa shape index (κ1) is 23.1. The molecule has 2 saturated heterocycles. The van der Waals surface area contributed by atoms with Crippen LogP contribution in [0.3, 0.4) is 0 Å². The molecule has 2 unspecified atom stereocenters. The van der Waals surface area contributed by atoms with Gasteiger partial charge in [0, 0.05) is 32.2 Å². The van der Waals surface area contributed by atoms with Crippen molar-refractivity contribution >= 4 is 12.0 Å². The maximum absolute atomic E-state index is 12.9. The van der Waals surface area contributed by atoms with Gasteiger partial charge in [0.1, 0.15) is 5.60 Å². The molecule has 2 heterocycles. The highest BCUT2D eigenvalue weighted by molar-refractivity contribution is 5.80. The molecule has 2 amide bonds. The Balaban J connectivity index is 1.50. The number of nitrogens with one attached hydrogen (secondary N) is 1. The molecule has 7 heteroatoms. The highest BCUT2D eigenvalue weighted by atomic mass is 16.6. The number of nitriles is 1. The quantitative estimate of drug-likeness (QED) is 0.799. The van der Waals surface area contributed by atoms with Gasteiger partial charge in [-0.3, -0.25) is 9.69 Å². The van der Waals surface area contributed by atoms with E-state index in [4.69, 9.17) is 10.00 Å². The normalized spacial score (nSPS) is 22.5. The largest absolute Gasteiger partial charge is 0.444 e. The third kappa shape index (κ3) is 6.96. The highest BCUT2D eigenvalue weighted by Gasteiger charge is 2.32. The van der Waals surface area contributed by atoms with E-state index in [2.05, 4.69) is 16.3 Å². The van der Waals surface area contributed by atoms with Gasteiger partial charge in [0.05, 0.1) is 17.6 Å². The standard InChI is InChI=1S/C24H34N4O3/c1-24(2,3)31-23(30)28-13-4-6-20(16-28)22(29)26-21-7-5-12-27(17-21)15-19-10-8-18(14-25)9-11-19/h8-11,20-21H,4-7,12-13,15-17H2,1-3H3,(H,26,29). The molecule has 1 aromatic carbocycles. The zero-order valence-electron chi connectivity index (χ0n) is 18.9. The second-order valence-corrected chi connectivity index (χ2v) is 9.66. The van der Waals surface area contributed by atoms with Crippen molar-refractivity contribution in [2.24, 2.45) is 5.92 Å². The summed E-state index contributed by atoms with van der Waals surface area (Å²) in [5.41, 5.74) is 1.30. The fourth-order valence-corrected chi connectivity index (χ4v) is 4.26. The Kier molecular flexibility index (Phi) is 7.55. The average Bonchev–Trinajstić information content (AvgIpc) is 2.73. The van der Waals surface area contributed by atoms with Crippen LogP contribution in [0.2, 0.25) is 0 Å². The van der Waals surface area contributed by atoms with Crippen molar-refractivity contribution in [3.63, 3.8) is 0 Å². The molecule has 2 fully saturated rings. The van der Waals surface area contributed by atoms with Gasteiger partial charge in [0.25, 0.3) is 0 Å². The molecule has 31 heavy (non-hydrogen) atoms. The summed E-state index contributed by atoms with van der Waals surface area (Å²) in [7, 11) is 0. The minimum absolute atomic E-state index is 0.0403. The van der Waals surface area contributed by atoms with Crippen LogP contribution in [0.4, 0.5) is 4.79 Å². The van der Waals surface area contributed by atoms with Crippen molar-refractivity contribution in [3.8, 4) is 6.07 Å². The third-order valence-electron chi connectivity index (χ3n) is 5.78. The Labute approximate surface area is 185 Å². The first-order valence-electron chi connectivity index (χ1n) is 11.2. The Bertz CT molecular complexity index is 810. The summed E-state index contributed by atoms with van der Waals surface area (Å²) in [6.45, 7) is 9.25. The molecular formula is C24H34N4O3. The molecule has 7 nitrogen and oxygen atoms in total. The number of ether oxygens (including phenoxy) is 1. The van der Waals surface area contributed by atoms with Gasteiger partial charge in [-0.05, 0) is 70.7 Å². The monoisotopic (exact) mass is 426 g/mol. The molecule has 0 bridgehead atoms. The minimum Gasteiger partial charge on any atom is -0.444 e. The van der Waals surface area contributed by atoms with Crippen molar-refractivity contribution < 1.29 is 14.3 Å². The van der Waals surface area contributed by atoms with Crippen molar-refractivity contribution in [2.75, 3.05) is 26.2 Å². The minimum atomic E-state index is -0.535. The lowest BCUT2D eigenvalue weighted by Gasteiger charge is -2.36. The third-order valence-corrected chi connectivity index (χ3v) is 5.78. The first-order valence-corrected chi connectivity index (χ1v) is 11.2. The number of benzene rings is 1. The molecule has 0 saturated carbocycles. The summed E-state index contributed by atoms with van der Waals surface area (Å²) in [5, 5.41) is 12.2. The van der Waals surface area contributed by atoms with Crippen molar-refractivity contribution in [1.82, 2.24) is 15.1 Å². The van der Waals surface area contributed by atoms with Crippen LogP contribution in [-0.2, 0) is 16.1 Å². The van der Waals surface area contributed by atoms with Gasteiger partial charge in [0.2, 0.25) is 5.91 Å². The molecule has 0 radical (unpaired) electrons. The van der Waals surface area contributed by atoms with Crippen LogP contribution >= 0.6 is 0 Å². The molecule has 1 aromatic rings. The van der Waals surface area contributed by atoms with Crippen LogP contribution < -0.4 is 5.32 Å². The topological polar surface area (TPSA) is 85.7 Å². The Hall–Kier alpha value is -2.59. The lowest BCUT2D eigenvalue weighted by atomic mass is 9.96. The van der Waals surface area contributed by atoms with Crippen LogP contribution in [0.5, 0.6) is 0 Å². The number of rotatable bonds is 4. The van der Waals surface area contributed by atoms with Gasteiger partial charge in [-0.2, -0.15) is 5.26 Å². The number of hydrogen-bond donors (Lipinski definition) is 1. The van der Waals surface area contributed by atoms with Gasteiger partial charge < -0.3 is 15.0 Å². The Morgan fingerprint density at radius 3 is 2.52 bits per heavy atom. The Morgan fingerprint density at radius 1 is 1.13 bits per heavy atom. The van der Waals surface area contributed by atoms with Crippen molar-refractivity contribution in [1.29, 1.82) is 5.26 Å². The number of nitrogens with zero attached hydrogens (tertiary/aromatic N) is 3. The van der Waals surface area contributed by atoms with Crippen LogP contribution in [-0.4, -0.2) is 59.6 Å². The fourth-order valence-electron chi connectivity index (χ4n) is 4.26. The predicted octanol–water partition coefficient (Wildman–Crippen LogP) is 3.29. The number of hydrogen-bond acceptors (Lipinski definition) is 5. The predicted molar refractivity (Wildman–Crippen MR) is 118 cm³/mol. The molecular weight excluding hydrogens is 392 g/mol. The average molecular weight is 427 g/mol. The summed E-state index contributed by atoms with van der Waals surface area (Å²) in [5.74, 6) is -0.145. The Morgan fingerprint density at radius 2 is 1.84 bits per heavy atom. The van der Waals surface area contributed by atoms with Gasteiger partial charge in [-0.15, -0.1) is 0 Å². The van der Waals surface area contributed by atoms with Crippen LogP contribution in [0.1, 0.15) is 57.6 Å². The number of carbonyl (C=O) groups is 2.